The molecule has 0 bridgehead atoms. The van der Waals surface area contributed by atoms with Gasteiger partial charge in [0.25, 0.3) is 0 Å². The lowest BCUT2D eigenvalue weighted by molar-refractivity contribution is -0.109. The van der Waals surface area contributed by atoms with E-state index in [1.165, 1.54) is 44.9 Å². The van der Waals surface area contributed by atoms with E-state index in [9.17, 15) is 9.90 Å². The summed E-state index contributed by atoms with van der Waals surface area (Å²) in [5.74, 6) is 0.0838. The van der Waals surface area contributed by atoms with Crippen molar-refractivity contribution in [1.82, 2.24) is 0 Å². The molecule has 1 aromatic rings. The summed E-state index contributed by atoms with van der Waals surface area (Å²) in [4.78, 5) is 11.2. The minimum atomic E-state index is -0.156. The Labute approximate surface area is 123 Å². The smallest absolute Gasteiger partial charge is 0.127 e. The minimum Gasteiger partial charge on any atom is -0.508 e. The van der Waals surface area contributed by atoms with Crippen LogP contribution in [0.25, 0.3) is 0 Å². The quantitative estimate of drug-likeness (QED) is 0.445. The summed E-state index contributed by atoms with van der Waals surface area (Å²) in [5, 5.41) is 9.78. The van der Waals surface area contributed by atoms with Crippen molar-refractivity contribution in [2.24, 2.45) is 0 Å². The Kier molecular flexibility index (Phi) is 8.77. The van der Waals surface area contributed by atoms with Crippen molar-refractivity contribution in [3.05, 3.63) is 29.8 Å². The summed E-state index contributed by atoms with van der Waals surface area (Å²) in [6.07, 6.45) is 12.0. The van der Waals surface area contributed by atoms with Crippen LogP contribution in [-0.4, -0.2) is 11.4 Å². The van der Waals surface area contributed by atoms with Crippen molar-refractivity contribution in [2.75, 3.05) is 0 Å². The summed E-state index contributed by atoms with van der Waals surface area (Å²) in [6.45, 7) is 2.23. The predicted molar refractivity (Wildman–Crippen MR) is 84.1 cm³/mol. The van der Waals surface area contributed by atoms with E-state index in [1.54, 1.807) is 12.1 Å². The Bertz CT molecular complexity index is 373. The number of carbonyl (C=O) groups is 1. The first-order valence-electron chi connectivity index (χ1n) is 8.02. The molecule has 0 aliphatic rings. The Morgan fingerprint density at radius 2 is 1.60 bits per heavy atom. The van der Waals surface area contributed by atoms with Gasteiger partial charge in [-0.15, -0.1) is 0 Å². The third-order valence-corrected chi connectivity index (χ3v) is 3.87. The van der Waals surface area contributed by atoms with Crippen molar-refractivity contribution in [2.45, 2.75) is 70.6 Å². The van der Waals surface area contributed by atoms with Gasteiger partial charge in [0.2, 0.25) is 0 Å². The second-order valence-electron chi connectivity index (χ2n) is 5.56. The number of phenolic OH excluding ortho intramolecular Hbond substituents is 1. The number of phenols is 1. The van der Waals surface area contributed by atoms with Crippen LogP contribution in [0.4, 0.5) is 0 Å². The number of rotatable bonds is 11. The molecule has 0 saturated heterocycles. The first kappa shape index (κ1) is 16.7. The summed E-state index contributed by atoms with van der Waals surface area (Å²) < 4.78 is 0. The molecule has 0 spiro atoms. The summed E-state index contributed by atoms with van der Waals surface area (Å²) in [5.41, 5.74) is 0.769. The zero-order chi connectivity index (χ0) is 14.6. The Morgan fingerprint density at radius 1 is 1.00 bits per heavy atom. The van der Waals surface area contributed by atoms with Gasteiger partial charge < -0.3 is 9.90 Å². The molecule has 0 aromatic heterocycles. The van der Waals surface area contributed by atoms with Crippen LogP contribution in [0.3, 0.4) is 0 Å². The van der Waals surface area contributed by atoms with Crippen molar-refractivity contribution in [3.63, 3.8) is 0 Å². The van der Waals surface area contributed by atoms with Crippen LogP contribution in [0.2, 0.25) is 0 Å². The molecule has 0 aliphatic carbocycles. The molecule has 0 fully saturated rings. The minimum absolute atomic E-state index is 0.156. The van der Waals surface area contributed by atoms with Gasteiger partial charge >= 0.3 is 0 Å². The molecule has 1 atom stereocenters. The third-order valence-electron chi connectivity index (χ3n) is 3.87. The molecule has 2 heteroatoms. The SMILES string of the molecule is CCCCCCCCCCC(C=O)c1ccccc1O. The number of unbranched alkanes of at least 4 members (excludes halogenated alkanes) is 7. The highest BCUT2D eigenvalue weighted by Crippen LogP contribution is 2.28. The van der Waals surface area contributed by atoms with E-state index < -0.39 is 0 Å². The van der Waals surface area contributed by atoms with Gasteiger partial charge in [-0.3, -0.25) is 0 Å². The van der Waals surface area contributed by atoms with Crippen LogP contribution in [0.5, 0.6) is 5.75 Å². The van der Waals surface area contributed by atoms with Crippen molar-refractivity contribution in [1.29, 1.82) is 0 Å². The van der Waals surface area contributed by atoms with Gasteiger partial charge in [0.15, 0.2) is 0 Å². The lowest BCUT2D eigenvalue weighted by Crippen LogP contribution is -2.00. The first-order chi connectivity index (χ1) is 9.79. The van der Waals surface area contributed by atoms with Gasteiger partial charge in [-0.25, -0.2) is 0 Å². The number of benzene rings is 1. The molecular formula is C18H28O2. The van der Waals surface area contributed by atoms with Crippen molar-refractivity contribution >= 4 is 6.29 Å². The molecule has 2 nitrogen and oxygen atoms in total. The number of para-hydroxylation sites is 1. The zero-order valence-electron chi connectivity index (χ0n) is 12.7. The fraction of sp³-hybridized carbons (Fsp3) is 0.611. The van der Waals surface area contributed by atoms with E-state index in [-0.39, 0.29) is 11.7 Å². The summed E-state index contributed by atoms with van der Waals surface area (Å²) in [7, 11) is 0. The van der Waals surface area contributed by atoms with E-state index in [0.29, 0.717) is 0 Å². The highest BCUT2D eigenvalue weighted by Gasteiger charge is 2.13. The molecule has 1 rings (SSSR count). The van der Waals surface area contributed by atoms with Crippen LogP contribution in [0.15, 0.2) is 24.3 Å². The summed E-state index contributed by atoms with van der Waals surface area (Å²) >= 11 is 0. The second-order valence-corrected chi connectivity index (χ2v) is 5.56. The van der Waals surface area contributed by atoms with Gasteiger partial charge in [-0.1, -0.05) is 76.5 Å². The lowest BCUT2D eigenvalue weighted by atomic mass is 9.93. The topological polar surface area (TPSA) is 37.3 Å². The molecule has 0 aliphatic heterocycles. The highest BCUT2D eigenvalue weighted by atomic mass is 16.3. The van der Waals surface area contributed by atoms with E-state index in [2.05, 4.69) is 6.92 Å². The summed E-state index contributed by atoms with van der Waals surface area (Å²) in [6, 6.07) is 7.16. The molecule has 0 heterocycles. The molecule has 112 valence electrons. The Balaban J connectivity index is 2.19. The molecule has 0 radical (unpaired) electrons. The second kappa shape index (κ2) is 10.5. The number of hydrogen-bond donors (Lipinski definition) is 1. The molecule has 0 amide bonds. The van der Waals surface area contributed by atoms with E-state index in [4.69, 9.17) is 0 Å². The highest BCUT2D eigenvalue weighted by molar-refractivity contribution is 5.64. The average Bonchev–Trinajstić information content (AvgIpc) is 2.47. The Hall–Kier alpha value is -1.31. The van der Waals surface area contributed by atoms with Crippen LogP contribution in [-0.2, 0) is 4.79 Å². The Morgan fingerprint density at radius 3 is 2.20 bits per heavy atom. The van der Waals surface area contributed by atoms with Crippen molar-refractivity contribution in [3.8, 4) is 5.75 Å². The third kappa shape index (κ3) is 6.23. The normalized spacial score (nSPS) is 12.2. The van der Waals surface area contributed by atoms with Crippen LogP contribution < -0.4 is 0 Å². The maximum Gasteiger partial charge on any atom is 0.127 e. The van der Waals surface area contributed by atoms with Crippen LogP contribution in [0, 0.1) is 0 Å². The molecule has 1 N–H and O–H groups in total. The number of aromatic hydroxyl groups is 1. The number of carbonyl (C=O) groups excluding carboxylic acids is 1. The fourth-order valence-electron chi connectivity index (χ4n) is 2.60. The first-order valence-corrected chi connectivity index (χ1v) is 8.02. The van der Waals surface area contributed by atoms with E-state index >= 15 is 0 Å². The van der Waals surface area contributed by atoms with E-state index in [0.717, 1.165) is 24.7 Å². The number of aldehydes is 1. The maximum atomic E-state index is 11.2. The van der Waals surface area contributed by atoms with Crippen LogP contribution in [0.1, 0.15) is 76.2 Å². The van der Waals surface area contributed by atoms with Gasteiger partial charge in [-0.2, -0.15) is 0 Å². The average molecular weight is 276 g/mol. The number of hydrogen-bond acceptors (Lipinski definition) is 2. The van der Waals surface area contributed by atoms with Gasteiger partial charge in [0.1, 0.15) is 12.0 Å². The largest absolute Gasteiger partial charge is 0.508 e. The molecule has 0 saturated carbocycles. The van der Waals surface area contributed by atoms with Crippen molar-refractivity contribution < 1.29 is 9.90 Å². The monoisotopic (exact) mass is 276 g/mol. The zero-order valence-corrected chi connectivity index (χ0v) is 12.7. The molecule has 1 unspecified atom stereocenters. The maximum absolute atomic E-state index is 11.2. The molecule has 1 aromatic carbocycles. The van der Waals surface area contributed by atoms with Crippen LogP contribution >= 0.6 is 0 Å². The predicted octanol–water partition coefficient (Wildman–Crippen LogP) is 5.21. The van der Waals surface area contributed by atoms with Gasteiger partial charge in [0.05, 0.1) is 0 Å². The van der Waals surface area contributed by atoms with E-state index in [1.807, 2.05) is 12.1 Å². The lowest BCUT2D eigenvalue weighted by Gasteiger charge is -2.12. The molecular weight excluding hydrogens is 248 g/mol. The standard InChI is InChI=1S/C18H28O2/c1-2-3-4-5-6-7-8-9-12-16(15-19)17-13-10-11-14-18(17)20/h10-11,13-16,20H,2-9,12H2,1H3. The fourth-order valence-corrected chi connectivity index (χ4v) is 2.60. The molecule has 20 heavy (non-hydrogen) atoms. The van der Waals surface area contributed by atoms with Gasteiger partial charge in [0, 0.05) is 11.5 Å². The van der Waals surface area contributed by atoms with Gasteiger partial charge in [-0.05, 0) is 12.5 Å².